The molecule has 2 aromatic heterocycles. The highest BCUT2D eigenvalue weighted by atomic mass is 35.5. The molecule has 0 unspecified atom stereocenters. The minimum Gasteiger partial charge on any atom is -0.390 e. The molecule has 0 aliphatic heterocycles. The summed E-state index contributed by atoms with van der Waals surface area (Å²) in [5.74, 6) is 1.23. The number of hydrogen-bond donors (Lipinski definition) is 2. The Morgan fingerprint density at radius 2 is 1.83 bits per heavy atom. The molecular formula is C27H26Cl2N2O4S. The zero-order valence-corrected chi connectivity index (χ0v) is 21.9. The molecule has 2 N–H and O–H groups in total. The SMILES string of the molecule is OCc1nsc2ccc([C@]3(O)CC[C@@H](OCc4c(-c5c(Cl)cccc5Cl)noc4C4CC4)CC3)cc12. The van der Waals surface area contributed by atoms with Crippen molar-refractivity contribution in [2.75, 3.05) is 0 Å². The molecule has 6 rings (SSSR count). The smallest absolute Gasteiger partial charge is 0.145 e. The zero-order chi connectivity index (χ0) is 24.9. The van der Waals surface area contributed by atoms with Crippen LogP contribution in [-0.2, 0) is 23.6 Å². The zero-order valence-electron chi connectivity index (χ0n) is 19.5. The van der Waals surface area contributed by atoms with Crippen molar-refractivity contribution in [3.63, 3.8) is 0 Å². The maximum atomic E-state index is 11.5. The Bertz CT molecular complexity index is 1390. The van der Waals surface area contributed by atoms with Crippen LogP contribution < -0.4 is 0 Å². The van der Waals surface area contributed by atoms with Crippen molar-refractivity contribution in [1.29, 1.82) is 0 Å². The number of nitrogens with zero attached hydrogens (tertiary/aromatic N) is 2. The topological polar surface area (TPSA) is 88.6 Å². The third-order valence-corrected chi connectivity index (χ3v) is 8.92. The maximum Gasteiger partial charge on any atom is 0.145 e. The molecule has 0 atom stereocenters. The van der Waals surface area contributed by atoms with Crippen LogP contribution in [0.5, 0.6) is 0 Å². The highest BCUT2D eigenvalue weighted by Gasteiger charge is 2.37. The summed E-state index contributed by atoms with van der Waals surface area (Å²) in [5.41, 5.74) is 2.85. The second-order valence-corrected chi connectivity index (χ2v) is 11.4. The molecular weight excluding hydrogens is 519 g/mol. The summed E-state index contributed by atoms with van der Waals surface area (Å²) < 4.78 is 17.4. The molecule has 2 saturated carbocycles. The molecule has 36 heavy (non-hydrogen) atoms. The number of aromatic nitrogens is 2. The normalized spacial score (nSPS) is 22.4. The van der Waals surface area contributed by atoms with Crippen LogP contribution in [0.15, 0.2) is 40.9 Å². The number of hydrogen-bond acceptors (Lipinski definition) is 7. The molecule has 0 spiro atoms. The van der Waals surface area contributed by atoms with Gasteiger partial charge >= 0.3 is 0 Å². The number of rotatable bonds is 7. The van der Waals surface area contributed by atoms with Gasteiger partial charge in [-0.1, -0.05) is 40.5 Å². The molecule has 0 amide bonds. The average molecular weight is 545 g/mol. The van der Waals surface area contributed by atoms with Crippen molar-refractivity contribution < 1.29 is 19.5 Å². The molecule has 9 heteroatoms. The molecule has 0 saturated heterocycles. The lowest BCUT2D eigenvalue weighted by Gasteiger charge is -2.36. The summed E-state index contributed by atoms with van der Waals surface area (Å²) in [4.78, 5) is 0. The lowest BCUT2D eigenvalue weighted by molar-refractivity contribution is -0.0640. The van der Waals surface area contributed by atoms with E-state index < -0.39 is 5.60 Å². The third-order valence-electron chi connectivity index (χ3n) is 7.42. The molecule has 0 bridgehead atoms. The molecule has 2 fully saturated rings. The van der Waals surface area contributed by atoms with E-state index in [4.69, 9.17) is 32.5 Å². The van der Waals surface area contributed by atoms with E-state index >= 15 is 0 Å². The molecule has 2 heterocycles. The Morgan fingerprint density at radius 3 is 2.53 bits per heavy atom. The van der Waals surface area contributed by atoms with Gasteiger partial charge in [0.1, 0.15) is 11.5 Å². The summed E-state index contributed by atoms with van der Waals surface area (Å²) in [7, 11) is 0. The van der Waals surface area contributed by atoms with E-state index in [1.54, 1.807) is 12.1 Å². The lowest BCUT2D eigenvalue weighted by atomic mass is 9.78. The van der Waals surface area contributed by atoms with Gasteiger partial charge in [-0.15, -0.1) is 0 Å². The van der Waals surface area contributed by atoms with Crippen LogP contribution in [0.4, 0.5) is 0 Å². The van der Waals surface area contributed by atoms with E-state index in [9.17, 15) is 10.2 Å². The lowest BCUT2D eigenvalue weighted by Crippen LogP contribution is -2.34. The van der Waals surface area contributed by atoms with Gasteiger partial charge in [0, 0.05) is 22.4 Å². The highest BCUT2D eigenvalue weighted by Crippen LogP contribution is 2.47. The van der Waals surface area contributed by atoms with Gasteiger partial charge in [0.05, 0.1) is 45.4 Å². The van der Waals surface area contributed by atoms with Gasteiger partial charge in [0.25, 0.3) is 0 Å². The highest BCUT2D eigenvalue weighted by molar-refractivity contribution is 7.13. The Hall–Kier alpha value is -2.00. The first-order valence-electron chi connectivity index (χ1n) is 12.2. The number of halogens is 2. The van der Waals surface area contributed by atoms with Crippen LogP contribution >= 0.6 is 34.7 Å². The number of benzene rings is 2. The summed E-state index contributed by atoms with van der Waals surface area (Å²) >= 11 is 14.3. The van der Waals surface area contributed by atoms with E-state index in [-0.39, 0.29) is 12.7 Å². The van der Waals surface area contributed by atoms with Crippen molar-refractivity contribution >= 4 is 44.8 Å². The Balaban J connectivity index is 1.18. The standard InChI is InChI=1S/C27H26Cl2N2O4S/c28-20-2-1-3-21(29)24(20)25-19(26(35-30-25)15-4-5-15)14-34-17-8-10-27(33,11-9-17)16-6-7-23-18(12-16)22(13-32)31-36-23/h1-3,6-7,12,15,17,32-33H,4-5,8-11,13-14H2/t17-,27+. The summed E-state index contributed by atoms with van der Waals surface area (Å²) in [6.45, 7) is 0.257. The average Bonchev–Trinajstić information content (AvgIpc) is 3.51. The minimum absolute atomic E-state index is 0.0151. The molecule has 4 aromatic rings. The fourth-order valence-electron chi connectivity index (χ4n) is 5.17. The molecule has 6 nitrogen and oxygen atoms in total. The van der Waals surface area contributed by atoms with Crippen molar-refractivity contribution in [3.8, 4) is 11.3 Å². The maximum absolute atomic E-state index is 11.5. The predicted molar refractivity (Wildman–Crippen MR) is 140 cm³/mol. The second kappa shape index (κ2) is 9.71. The molecule has 0 radical (unpaired) electrons. The first-order chi connectivity index (χ1) is 17.5. The van der Waals surface area contributed by atoms with Crippen LogP contribution in [0.1, 0.15) is 67.0 Å². The van der Waals surface area contributed by atoms with E-state index in [0.29, 0.717) is 52.4 Å². The largest absolute Gasteiger partial charge is 0.390 e. The van der Waals surface area contributed by atoms with Gasteiger partial charge in [0.2, 0.25) is 0 Å². The minimum atomic E-state index is -0.921. The first kappa shape index (κ1) is 24.3. The number of ether oxygens (including phenoxy) is 1. The summed E-state index contributed by atoms with van der Waals surface area (Å²) in [6.07, 6.45) is 4.83. The number of aliphatic hydroxyl groups excluding tert-OH is 1. The van der Waals surface area contributed by atoms with E-state index in [2.05, 4.69) is 9.53 Å². The Labute approximate surface area is 223 Å². The van der Waals surface area contributed by atoms with Crippen LogP contribution in [0.2, 0.25) is 10.0 Å². The first-order valence-corrected chi connectivity index (χ1v) is 13.8. The fraction of sp³-hybridized carbons (Fsp3) is 0.407. The molecule has 2 aliphatic carbocycles. The van der Waals surface area contributed by atoms with Crippen molar-refractivity contribution in [3.05, 3.63) is 69.0 Å². The van der Waals surface area contributed by atoms with E-state index in [1.807, 2.05) is 24.3 Å². The monoisotopic (exact) mass is 544 g/mol. The van der Waals surface area contributed by atoms with Crippen LogP contribution in [0.3, 0.4) is 0 Å². The van der Waals surface area contributed by atoms with Gasteiger partial charge < -0.3 is 19.5 Å². The van der Waals surface area contributed by atoms with Crippen LogP contribution in [0, 0.1) is 0 Å². The summed E-state index contributed by atoms with van der Waals surface area (Å²) in [6, 6.07) is 11.3. The fourth-order valence-corrected chi connectivity index (χ4v) is 6.51. The van der Waals surface area contributed by atoms with Crippen molar-refractivity contribution in [2.24, 2.45) is 0 Å². The number of fused-ring (bicyclic) bond motifs is 1. The molecule has 2 aliphatic rings. The molecule has 188 valence electrons. The van der Waals surface area contributed by atoms with Crippen molar-refractivity contribution in [1.82, 2.24) is 9.53 Å². The Kier molecular flexibility index (Phi) is 6.56. The third kappa shape index (κ3) is 4.46. The van der Waals surface area contributed by atoms with Gasteiger partial charge in [-0.3, -0.25) is 0 Å². The van der Waals surface area contributed by atoms with Gasteiger partial charge in [0.15, 0.2) is 0 Å². The quantitative estimate of drug-likeness (QED) is 0.261. The van der Waals surface area contributed by atoms with E-state index in [0.717, 1.165) is 52.7 Å². The van der Waals surface area contributed by atoms with Crippen LogP contribution in [0.25, 0.3) is 21.3 Å². The Morgan fingerprint density at radius 1 is 1.08 bits per heavy atom. The van der Waals surface area contributed by atoms with Gasteiger partial charge in [-0.25, -0.2) is 0 Å². The van der Waals surface area contributed by atoms with Crippen LogP contribution in [-0.4, -0.2) is 25.8 Å². The second-order valence-electron chi connectivity index (χ2n) is 9.79. The number of aliphatic hydroxyl groups is 2. The van der Waals surface area contributed by atoms with E-state index in [1.165, 1.54) is 11.5 Å². The predicted octanol–water partition coefficient (Wildman–Crippen LogP) is 6.97. The molecule has 2 aromatic carbocycles. The van der Waals surface area contributed by atoms with Gasteiger partial charge in [-0.2, -0.15) is 4.37 Å². The van der Waals surface area contributed by atoms with Crippen molar-refractivity contribution in [2.45, 2.75) is 69.4 Å². The van der Waals surface area contributed by atoms with Gasteiger partial charge in [-0.05, 0) is 79.9 Å². The summed E-state index contributed by atoms with van der Waals surface area (Å²) in [5, 5.41) is 27.4.